The minimum absolute atomic E-state index is 0.0155. The fourth-order valence-electron chi connectivity index (χ4n) is 2.39. The van der Waals surface area contributed by atoms with Crippen LogP contribution in [0.5, 0.6) is 0 Å². The number of hydrogen-bond donors (Lipinski definition) is 2. The van der Waals surface area contributed by atoms with Gasteiger partial charge in [-0.3, -0.25) is 4.79 Å². The van der Waals surface area contributed by atoms with Gasteiger partial charge in [0.25, 0.3) is 0 Å². The molecule has 2 atom stereocenters. The third-order valence-corrected chi connectivity index (χ3v) is 5.48. The molecule has 0 aliphatic heterocycles. The second-order valence-electron chi connectivity index (χ2n) is 5.28. The first-order chi connectivity index (χ1) is 9.37. The van der Waals surface area contributed by atoms with Crippen molar-refractivity contribution < 1.29 is 13.2 Å². The van der Waals surface area contributed by atoms with Crippen molar-refractivity contribution in [1.29, 1.82) is 0 Å². The van der Waals surface area contributed by atoms with E-state index in [1.165, 1.54) is 10.4 Å². The summed E-state index contributed by atoms with van der Waals surface area (Å²) in [6.45, 7) is 0. The number of nitrogens with one attached hydrogen (secondary N) is 1. The van der Waals surface area contributed by atoms with Crippen LogP contribution in [0, 0.1) is 0 Å². The van der Waals surface area contributed by atoms with Crippen LogP contribution in [0.3, 0.4) is 0 Å². The molecule has 3 N–H and O–H groups in total. The van der Waals surface area contributed by atoms with Gasteiger partial charge in [0.1, 0.15) is 9.84 Å². The molecule has 0 saturated carbocycles. The maximum Gasteiger partial charge on any atom is 0.237 e. The first-order valence-corrected chi connectivity index (χ1v) is 9.61. The maximum atomic E-state index is 12.0. The summed E-state index contributed by atoms with van der Waals surface area (Å²) in [5.41, 5.74) is 6.95. The van der Waals surface area contributed by atoms with Gasteiger partial charge in [0, 0.05) is 11.1 Å². The monoisotopic (exact) mass is 316 g/mol. The summed E-state index contributed by atoms with van der Waals surface area (Å²) < 4.78 is 22.2. The lowest BCUT2D eigenvalue weighted by Crippen LogP contribution is -2.43. The van der Waals surface area contributed by atoms with Crippen LogP contribution in [0.4, 0.5) is 0 Å². The van der Waals surface area contributed by atoms with Crippen molar-refractivity contribution in [3.05, 3.63) is 21.9 Å². The molecule has 1 heterocycles. The van der Waals surface area contributed by atoms with Gasteiger partial charge in [-0.15, -0.1) is 11.3 Å². The Labute approximate surface area is 123 Å². The fraction of sp³-hybridized carbons (Fsp3) is 0.615. The summed E-state index contributed by atoms with van der Waals surface area (Å²) in [6.07, 6.45) is 4.34. The smallest absolute Gasteiger partial charge is 0.237 e. The Morgan fingerprint density at radius 3 is 3.05 bits per heavy atom. The van der Waals surface area contributed by atoms with E-state index in [4.69, 9.17) is 5.73 Å². The highest BCUT2D eigenvalue weighted by Gasteiger charge is 2.25. The van der Waals surface area contributed by atoms with Crippen molar-refractivity contribution in [1.82, 2.24) is 5.32 Å². The number of rotatable bonds is 5. The predicted molar refractivity (Wildman–Crippen MR) is 80.4 cm³/mol. The molecule has 0 bridgehead atoms. The zero-order valence-corrected chi connectivity index (χ0v) is 13.1. The number of hydrogen-bond acceptors (Lipinski definition) is 5. The lowest BCUT2D eigenvalue weighted by Gasteiger charge is -2.25. The second kappa shape index (κ2) is 6.24. The first kappa shape index (κ1) is 15.5. The van der Waals surface area contributed by atoms with Gasteiger partial charge >= 0.3 is 0 Å². The summed E-state index contributed by atoms with van der Waals surface area (Å²) in [5, 5.41) is 4.99. The van der Waals surface area contributed by atoms with E-state index in [-0.39, 0.29) is 24.1 Å². The number of carbonyl (C=O) groups is 1. The Morgan fingerprint density at radius 1 is 1.60 bits per heavy atom. The highest BCUT2D eigenvalue weighted by molar-refractivity contribution is 7.90. The molecule has 20 heavy (non-hydrogen) atoms. The molecule has 1 aromatic rings. The zero-order valence-electron chi connectivity index (χ0n) is 11.5. The number of sulfone groups is 1. The molecule has 0 saturated heterocycles. The number of aryl methyl sites for hydroxylation is 1. The van der Waals surface area contributed by atoms with E-state index < -0.39 is 15.9 Å². The van der Waals surface area contributed by atoms with Gasteiger partial charge < -0.3 is 11.1 Å². The van der Waals surface area contributed by atoms with Crippen LogP contribution >= 0.6 is 11.3 Å². The van der Waals surface area contributed by atoms with Gasteiger partial charge in [-0.25, -0.2) is 8.42 Å². The highest BCUT2D eigenvalue weighted by Crippen LogP contribution is 2.33. The van der Waals surface area contributed by atoms with Gasteiger partial charge in [0.2, 0.25) is 5.91 Å². The molecule has 1 aliphatic carbocycles. The minimum Gasteiger partial charge on any atom is -0.348 e. The Kier molecular flexibility index (Phi) is 4.82. The Morgan fingerprint density at radius 2 is 2.35 bits per heavy atom. The van der Waals surface area contributed by atoms with Crippen molar-refractivity contribution in [2.75, 3.05) is 12.0 Å². The fourth-order valence-corrected chi connectivity index (χ4v) is 4.06. The van der Waals surface area contributed by atoms with Gasteiger partial charge in [-0.2, -0.15) is 0 Å². The third-order valence-electron chi connectivity index (χ3n) is 3.50. The number of amides is 1. The molecule has 7 heteroatoms. The van der Waals surface area contributed by atoms with Gasteiger partial charge in [-0.1, -0.05) is 0 Å². The predicted octanol–water partition coefficient (Wildman–Crippen LogP) is 1.00. The SMILES string of the molecule is CS(=O)(=O)CCC(N)C(=O)NC1CCCc2sccc21. The van der Waals surface area contributed by atoms with Crippen LogP contribution in [0.1, 0.15) is 35.7 Å². The lowest BCUT2D eigenvalue weighted by atomic mass is 9.94. The Hall–Kier alpha value is -0.920. The number of nitrogens with two attached hydrogens (primary N) is 1. The third kappa shape index (κ3) is 4.04. The first-order valence-electron chi connectivity index (χ1n) is 6.67. The van der Waals surface area contributed by atoms with Gasteiger partial charge in [0.15, 0.2) is 0 Å². The quantitative estimate of drug-likeness (QED) is 0.848. The Balaban J connectivity index is 1.92. The average Bonchev–Trinajstić information content (AvgIpc) is 2.84. The standard InChI is InChI=1S/C13H20N2O3S2/c1-20(17,18)8-6-10(14)13(16)15-11-3-2-4-12-9(11)5-7-19-12/h5,7,10-11H,2-4,6,8,14H2,1H3,(H,15,16). The van der Waals surface area contributed by atoms with E-state index in [0.717, 1.165) is 25.5 Å². The van der Waals surface area contributed by atoms with Crippen LogP contribution < -0.4 is 11.1 Å². The molecule has 0 aromatic carbocycles. The molecule has 1 aromatic heterocycles. The maximum absolute atomic E-state index is 12.0. The zero-order chi connectivity index (χ0) is 14.8. The van der Waals surface area contributed by atoms with Crippen molar-refractivity contribution in [3.63, 3.8) is 0 Å². The molecule has 1 amide bonds. The van der Waals surface area contributed by atoms with Gasteiger partial charge in [-0.05, 0) is 42.7 Å². The van der Waals surface area contributed by atoms with Crippen molar-refractivity contribution in [2.24, 2.45) is 5.73 Å². The minimum atomic E-state index is -3.08. The van der Waals surface area contributed by atoms with Crippen molar-refractivity contribution in [3.8, 4) is 0 Å². The number of thiophene rings is 1. The lowest BCUT2D eigenvalue weighted by molar-refractivity contribution is -0.123. The molecule has 112 valence electrons. The summed E-state index contributed by atoms with van der Waals surface area (Å²) in [4.78, 5) is 13.4. The van der Waals surface area contributed by atoms with Crippen LogP contribution in [-0.4, -0.2) is 32.4 Å². The van der Waals surface area contributed by atoms with Crippen molar-refractivity contribution in [2.45, 2.75) is 37.8 Å². The molecule has 2 unspecified atom stereocenters. The van der Waals surface area contributed by atoms with E-state index in [1.54, 1.807) is 11.3 Å². The van der Waals surface area contributed by atoms with Crippen molar-refractivity contribution >= 4 is 27.1 Å². The van der Waals surface area contributed by atoms with E-state index in [1.807, 2.05) is 11.4 Å². The van der Waals surface area contributed by atoms with E-state index in [2.05, 4.69) is 5.32 Å². The molecular weight excluding hydrogens is 296 g/mol. The van der Waals surface area contributed by atoms with Gasteiger partial charge in [0.05, 0.1) is 17.8 Å². The molecule has 5 nitrogen and oxygen atoms in total. The second-order valence-corrected chi connectivity index (χ2v) is 8.54. The topological polar surface area (TPSA) is 89.3 Å². The molecule has 1 aliphatic rings. The summed E-state index contributed by atoms with van der Waals surface area (Å²) in [5.74, 6) is -0.326. The average molecular weight is 316 g/mol. The molecule has 2 rings (SSSR count). The largest absolute Gasteiger partial charge is 0.348 e. The molecule has 0 spiro atoms. The van der Waals surface area contributed by atoms with Crippen LogP contribution in [0.25, 0.3) is 0 Å². The highest BCUT2D eigenvalue weighted by atomic mass is 32.2. The number of carbonyl (C=O) groups excluding carboxylic acids is 1. The Bertz CT molecular complexity index is 580. The van der Waals surface area contributed by atoms with Crippen LogP contribution in [0.2, 0.25) is 0 Å². The van der Waals surface area contributed by atoms with E-state index >= 15 is 0 Å². The van der Waals surface area contributed by atoms with E-state index in [0.29, 0.717) is 0 Å². The van der Waals surface area contributed by atoms with Crippen LogP contribution in [-0.2, 0) is 21.1 Å². The summed E-state index contributed by atoms with van der Waals surface area (Å²) in [7, 11) is -3.08. The molecule has 0 fully saturated rings. The van der Waals surface area contributed by atoms with Crippen LogP contribution in [0.15, 0.2) is 11.4 Å². The van der Waals surface area contributed by atoms with E-state index in [9.17, 15) is 13.2 Å². The molecule has 0 radical (unpaired) electrons. The molecular formula is C13H20N2O3S2. The normalized spacial score (nSPS) is 20.2. The summed E-state index contributed by atoms with van der Waals surface area (Å²) >= 11 is 1.72. The summed E-state index contributed by atoms with van der Waals surface area (Å²) in [6, 6.07) is 1.29. The number of fused-ring (bicyclic) bond motifs is 1.